The molecule has 4 fully saturated rings. The predicted molar refractivity (Wildman–Crippen MR) is 266 cm³/mol. The van der Waals surface area contributed by atoms with Crippen molar-refractivity contribution in [1.29, 1.82) is 0 Å². The molecule has 12 atom stereocenters. The number of aliphatic hydroxyl groups is 1. The first-order chi connectivity index (χ1) is 32.8. The van der Waals surface area contributed by atoms with E-state index in [9.17, 15) is 19.5 Å². The van der Waals surface area contributed by atoms with Crippen LogP contribution in [-0.4, -0.2) is 116 Å². The first kappa shape index (κ1) is 54.4. The Bertz CT molecular complexity index is 2370. The van der Waals surface area contributed by atoms with Gasteiger partial charge in [-0.1, -0.05) is 96.1 Å². The fraction of sp³-hybridized carbons (Fsp3) is 0.636. The third-order valence-electron chi connectivity index (χ3n) is 16.1. The molecular formula is C55H77NO14Si. The molecule has 2 aromatic carbocycles. The predicted octanol–water partition coefficient (Wildman–Crippen LogP) is 9.09. The van der Waals surface area contributed by atoms with Crippen molar-refractivity contribution in [1.82, 2.24) is 5.32 Å². The number of amides is 1. The molecule has 71 heavy (non-hydrogen) atoms. The highest BCUT2D eigenvalue weighted by Gasteiger charge is 2.79. The van der Waals surface area contributed by atoms with Crippen LogP contribution < -0.4 is 5.32 Å². The van der Waals surface area contributed by atoms with E-state index >= 15 is 4.79 Å². The van der Waals surface area contributed by atoms with Gasteiger partial charge in [0.05, 0.1) is 42.9 Å². The van der Waals surface area contributed by atoms with Gasteiger partial charge in [-0.25, -0.2) is 14.4 Å². The number of alkyl carbamates (subject to hydrolysis) is 1. The van der Waals surface area contributed by atoms with Gasteiger partial charge in [-0.2, -0.15) is 0 Å². The standard InChI is InChI=1S/C55H77NO14Si/c1-17-28-62-37-29-38-54(31-63-38,66-33(3)57)43-45(65-46(58)35-26-22-19-23-27-35)55(61)30-36(32(2)39(51(55,10)11)41-44(53(37,43)14)68-52(12,13)67-41)64-47(59)42(70-71(15,16)50(7,8)9)40(34-24-20-18-21-25-34)56-48(60)69-49(4,5)6/h17-27,36-38,40-45,61H,1,28-31H2,2-16H3,(H,56,60)/t36?,37?,38?,40?,41?,42?,43?,44?,45?,53-,54?,55?/m1/s1. The highest BCUT2D eigenvalue weighted by Crippen LogP contribution is 2.68. The molecule has 3 aliphatic carbocycles. The third-order valence-corrected chi connectivity index (χ3v) is 20.6. The van der Waals surface area contributed by atoms with Gasteiger partial charge in [-0.3, -0.25) is 4.79 Å². The monoisotopic (exact) mass is 1000 g/mol. The summed E-state index contributed by atoms with van der Waals surface area (Å²) < 4.78 is 60.0. The van der Waals surface area contributed by atoms with E-state index < -0.39 is 125 Å². The number of rotatable bonds is 13. The number of benzene rings is 2. The first-order valence-corrected chi connectivity index (χ1v) is 27.8. The second-order valence-corrected chi connectivity index (χ2v) is 28.6. The maximum absolute atomic E-state index is 15.6. The fourth-order valence-corrected chi connectivity index (χ4v) is 12.9. The van der Waals surface area contributed by atoms with Crippen molar-refractivity contribution in [2.24, 2.45) is 16.7 Å². The molecule has 2 heterocycles. The number of hydrogen-bond donors (Lipinski definition) is 2. The molecule has 0 aromatic heterocycles. The maximum atomic E-state index is 15.6. The average molecular weight is 1000 g/mol. The Labute approximate surface area is 420 Å². The summed E-state index contributed by atoms with van der Waals surface area (Å²) in [6.07, 6.45) is -6.58. The normalized spacial score (nSPS) is 32.7. The van der Waals surface area contributed by atoms with Crippen molar-refractivity contribution in [2.75, 3.05) is 13.2 Å². The summed E-state index contributed by atoms with van der Waals surface area (Å²) in [5.74, 6) is -4.46. The van der Waals surface area contributed by atoms with Crippen molar-refractivity contribution in [3.8, 4) is 0 Å². The summed E-state index contributed by atoms with van der Waals surface area (Å²) in [6.45, 7) is 31.9. The molecule has 2 bridgehead atoms. The van der Waals surface area contributed by atoms with Crippen molar-refractivity contribution >= 4 is 32.3 Å². The molecule has 7 rings (SSSR count). The lowest BCUT2D eigenvalue weighted by atomic mass is 9.44. The molecule has 0 radical (unpaired) electrons. The summed E-state index contributed by atoms with van der Waals surface area (Å²) in [5, 5.41) is 16.9. The summed E-state index contributed by atoms with van der Waals surface area (Å²) in [7, 11) is -2.87. The lowest BCUT2D eigenvalue weighted by Crippen LogP contribution is -2.82. The summed E-state index contributed by atoms with van der Waals surface area (Å²) in [4.78, 5) is 57.6. The van der Waals surface area contributed by atoms with Crippen LogP contribution in [0, 0.1) is 16.7 Å². The highest BCUT2D eigenvalue weighted by molar-refractivity contribution is 6.74. The Hall–Kier alpha value is -4.42. The van der Waals surface area contributed by atoms with Crippen LogP contribution in [0.15, 0.2) is 84.5 Å². The molecule has 2 N–H and O–H groups in total. The largest absolute Gasteiger partial charge is 0.456 e. The van der Waals surface area contributed by atoms with Gasteiger partial charge in [-0.05, 0) is 88.5 Å². The minimum absolute atomic E-state index is 0.0820. The zero-order chi connectivity index (χ0) is 52.5. The van der Waals surface area contributed by atoms with Crippen LogP contribution in [0.3, 0.4) is 0 Å². The van der Waals surface area contributed by atoms with E-state index in [0.717, 1.165) is 0 Å². The third kappa shape index (κ3) is 9.91. The quantitative estimate of drug-likeness (QED) is 0.0838. The van der Waals surface area contributed by atoms with E-state index in [1.54, 1.807) is 81.4 Å². The van der Waals surface area contributed by atoms with E-state index in [1.165, 1.54) is 6.92 Å². The Morgan fingerprint density at radius 1 is 0.930 bits per heavy atom. The molecule has 11 unspecified atom stereocenters. The Morgan fingerprint density at radius 3 is 2.10 bits per heavy atom. The summed E-state index contributed by atoms with van der Waals surface area (Å²) in [5.41, 5.74) is -5.10. The van der Waals surface area contributed by atoms with Gasteiger partial charge in [0.15, 0.2) is 25.8 Å². The highest BCUT2D eigenvalue weighted by atomic mass is 28.4. The lowest BCUT2D eigenvalue weighted by molar-refractivity contribution is -0.365. The maximum Gasteiger partial charge on any atom is 0.408 e. The van der Waals surface area contributed by atoms with Crippen molar-refractivity contribution in [2.45, 2.75) is 192 Å². The van der Waals surface area contributed by atoms with E-state index in [1.807, 2.05) is 81.5 Å². The van der Waals surface area contributed by atoms with E-state index in [4.69, 9.17) is 42.3 Å². The molecule has 15 nitrogen and oxygen atoms in total. The number of fused-ring (bicyclic) bond motifs is 8. The van der Waals surface area contributed by atoms with Crippen LogP contribution in [0.25, 0.3) is 0 Å². The molecule has 16 heteroatoms. The molecule has 5 aliphatic rings. The molecular weight excluding hydrogens is 927 g/mol. The molecule has 2 saturated carbocycles. The molecule has 2 aliphatic heterocycles. The molecule has 1 amide bonds. The number of carbonyl (C=O) groups is 4. The van der Waals surface area contributed by atoms with Crippen LogP contribution in [0.5, 0.6) is 0 Å². The second-order valence-electron chi connectivity index (χ2n) is 23.8. The Morgan fingerprint density at radius 2 is 1.55 bits per heavy atom. The number of hydrogen-bond acceptors (Lipinski definition) is 14. The zero-order valence-corrected chi connectivity index (χ0v) is 45.3. The zero-order valence-electron chi connectivity index (χ0n) is 44.3. The second kappa shape index (κ2) is 19.1. The summed E-state index contributed by atoms with van der Waals surface area (Å²) >= 11 is 0. The molecule has 390 valence electrons. The number of nitrogens with one attached hydrogen (secondary N) is 1. The first-order valence-electron chi connectivity index (χ1n) is 24.8. The Kier molecular flexibility index (Phi) is 14.6. The van der Waals surface area contributed by atoms with Gasteiger partial charge in [0.1, 0.15) is 35.6 Å². The average Bonchev–Trinajstić information content (AvgIpc) is 3.58. The van der Waals surface area contributed by atoms with Crippen molar-refractivity contribution in [3.05, 3.63) is 95.6 Å². The fourth-order valence-electron chi connectivity index (χ4n) is 11.7. The minimum atomic E-state index is -2.87. The number of carbonyl (C=O) groups excluding carboxylic acids is 4. The van der Waals surface area contributed by atoms with Crippen LogP contribution in [0.4, 0.5) is 4.79 Å². The smallest absolute Gasteiger partial charge is 0.408 e. The molecule has 2 saturated heterocycles. The van der Waals surface area contributed by atoms with Crippen LogP contribution in [0.1, 0.15) is 125 Å². The topological polar surface area (TPSA) is 184 Å². The van der Waals surface area contributed by atoms with Gasteiger partial charge in [0.25, 0.3) is 0 Å². The van der Waals surface area contributed by atoms with Gasteiger partial charge >= 0.3 is 24.0 Å². The van der Waals surface area contributed by atoms with Gasteiger partial charge in [-0.15, -0.1) is 6.58 Å². The molecule has 2 aromatic rings. The van der Waals surface area contributed by atoms with Crippen LogP contribution >= 0.6 is 0 Å². The molecule has 0 spiro atoms. The lowest BCUT2D eigenvalue weighted by Gasteiger charge is -2.69. The van der Waals surface area contributed by atoms with Crippen molar-refractivity contribution < 1.29 is 66.6 Å². The van der Waals surface area contributed by atoms with E-state index in [-0.39, 0.29) is 31.6 Å². The van der Waals surface area contributed by atoms with Gasteiger partial charge in [0.2, 0.25) is 0 Å². The van der Waals surface area contributed by atoms with Crippen LogP contribution in [0.2, 0.25) is 18.1 Å². The Balaban J connectivity index is 1.46. The van der Waals surface area contributed by atoms with Gasteiger partial charge in [0, 0.05) is 30.6 Å². The van der Waals surface area contributed by atoms with Crippen molar-refractivity contribution in [3.63, 3.8) is 0 Å². The summed E-state index contributed by atoms with van der Waals surface area (Å²) in [6, 6.07) is 16.4. The number of ether oxygens (including phenoxy) is 8. The van der Waals surface area contributed by atoms with E-state index in [0.29, 0.717) is 16.7 Å². The van der Waals surface area contributed by atoms with E-state index in [2.05, 4.69) is 11.9 Å². The van der Waals surface area contributed by atoms with Gasteiger partial charge < -0.3 is 52.7 Å². The van der Waals surface area contributed by atoms with Crippen LogP contribution in [-0.2, 0) is 51.9 Å². The minimum Gasteiger partial charge on any atom is -0.456 e. The number of esters is 3. The SMILES string of the molecule is C=CCOC1CC2OCC2(OC(C)=O)C2C(OC(=O)c3ccccc3)C3(O)CC(OC(=O)C(O[Si](C)(C)C(C)(C)C)C(NC(=O)OC(C)(C)C)c4ccccc4)C(C)=C(C4OC(C)(C)OC4[C@]12C)C3(C)C.